The Morgan fingerprint density at radius 1 is 1.19 bits per heavy atom. The average molecular weight is 434 g/mol. The molecule has 0 bridgehead atoms. The smallest absolute Gasteiger partial charge is 0.338 e. The molecule has 1 N–H and O–H groups in total. The van der Waals surface area contributed by atoms with E-state index in [-0.39, 0.29) is 11.8 Å². The molecule has 1 aromatic heterocycles. The normalized spacial score (nSPS) is 16.5. The van der Waals surface area contributed by atoms with Crippen molar-refractivity contribution in [2.45, 2.75) is 26.3 Å². The van der Waals surface area contributed by atoms with Crippen LogP contribution in [0.5, 0.6) is 0 Å². The lowest BCUT2D eigenvalue weighted by molar-refractivity contribution is -0.121. The zero-order valence-corrected chi connectivity index (χ0v) is 18.0. The zero-order valence-electron chi connectivity index (χ0n) is 18.0. The Balaban J connectivity index is 1.35. The van der Waals surface area contributed by atoms with E-state index in [1.807, 2.05) is 30.3 Å². The standard InChI is InChI=1S/C24H26N4O4/c1-2-31-24(30)18-10-6-12-20(14-18)25-23(29)19-11-7-13-28(15-19)16-21-26-22(27-32-21)17-8-4-3-5-9-17/h3-6,8-10,12,14,19H,2,7,11,13,15-16H2,1H3,(H,25,29). The Morgan fingerprint density at radius 3 is 2.84 bits per heavy atom. The summed E-state index contributed by atoms with van der Waals surface area (Å²) in [4.78, 5) is 31.4. The van der Waals surface area contributed by atoms with Gasteiger partial charge in [-0.25, -0.2) is 4.79 Å². The Bertz CT molecular complexity index is 1070. The quantitative estimate of drug-likeness (QED) is 0.565. The molecule has 2 aromatic carbocycles. The van der Waals surface area contributed by atoms with Crippen LogP contribution in [-0.2, 0) is 16.1 Å². The summed E-state index contributed by atoms with van der Waals surface area (Å²) in [5.74, 6) is 0.472. The van der Waals surface area contributed by atoms with Crippen LogP contribution < -0.4 is 5.32 Å². The van der Waals surface area contributed by atoms with E-state index in [0.717, 1.165) is 24.9 Å². The average Bonchev–Trinajstić information content (AvgIpc) is 3.28. The molecule has 4 rings (SSSR count). The number of carbonyl (C=O) groups excluding carboxylic acids is 2. The predicted octanol–water partition coefficient (Wildman–Crippen LogP) is 3.76. The van der Waals surface area contributed by atoms with Crippen molar-refractivity contribution in [3.8, 4) is 11.4 Å². The van der Waals surface area contributed by atoms with E-state index in [0.29, 0.717) is 42.7 Å². The molecule has 1 atom stereocenters. The predicted molar refractivity (Wildman–Crippen MR) is 119 cm³/mol. The monoisotopic (exact) mass is 434 g/mol. The van der Waals surface area contributed by atoms with Crippen molar-refractivity contribution in [2.24, 2.45) is 5.92 Å². The summed E-state index contributed by atoms with van der Waals surface area (Å²) in [6.07, 6.45) is 1.71. The van der Waals surface area contributed by atoms with Crippen molar-refractivity contribution in [1.29, 1.82) is 0 Å². The van der Waals surface area contributed by atoms with Crippen LogP contribution in [-0.4, -0.2) is 46.6 Å². The summed E-state index contributed by atoms with van der Waals surface area (Å²) in [5.41, 5.74) is 1.91. The maximum absolute atomic E-state index is 12.9. The van der Waals surface area contributed by atoms with Crippen LogP contribution in [0.2, 0.25) is 0 Å². The third kappa shape index (κ3) is 5.39. The van der Waals surface area contributed by atoms with Gasteiger partial charge in [0.25, 0.3) is 0 Å². The molecule has 1 aliphatic rings. The van der Waals surface area contributed by atoms with Crippen molar-refractivity contribution in [2.75, 3.05) is 25.0 Å². The number of piperidine rings is 1. The number of aromatic nitrogens is 2. The van der Waals surface area contributed by atoms with Gasteiger partial charge >= 0.3 is 5.97 Å². The van der Waals surface area contributed by atoms with Crippen LogP contribution >= 0.6 is 0 Å². The van der Waals surface area contributed by atoms with E-state index in [1.165, 1.54) is 0 Å². The Kier molecular flexibility index (Phi) is 6.91. The molecule has 3 aromatic rings. The number of ether oxygens (including phenoxy) is 1. The van der Waals surface area contributed by atoms with Crippen molar-refractivity contribution in [3.05, 3.63) is 66.1 Å². The Hall–Kier alpha value is -3.52. The number of anilines is 1. The summed E-state index contributed by atoms with van der Waals surface area (Å²) < 4.78 is 10.4. The molecule has 0 saturated carbocycles. The van der Waals surface area contributed by atoms with Gasteiger partial charge in [0.2, 0.25) is 17.6 Å². The maximum atomic E-state index is 12.9. The number of nitrogens with one attached hydrogen (secondary N) is 1. The molecule has 8 heteroatoms. The summed E-state index contributed by atoms with van der Waals surface area (Å²) in [6.45, 7) is 4.04. The number of hydrogen-bond donors (Lipinski definition) is 1. The van der Waals surface area contributed by atoms with E-state index < -0.39 is 5.97 Å². The fourth-order valence-corrected chi connectivity index (χ4v) is 3.81. The number of nitrogens with zero attached hydrogens (tertiary/aromatic N) is 3. The largest absolute Gasteiger partial charge is 0.462 e. The molecule has 1 unspecified atom stereocenters. The molecule has 32 heavy (non-hydrogen) atoms. The fraction of sp³-hybridized carbons (Fsp3) is 0.333. The van der Waals surface area contributed by atoms with Crippen LogP contribution in [0.1, 0.15) is 36.0 Å². The summed E-state index contributed by atoms with van der Waals surface area (Å²) in [7, 11) is 0. The van der Waals surface area contributed by atoms with E-state index >= 15 is 0 Å². The minimum Gasteiger partial charge on any atom is -0.462 e. The Morgan fingerprint density at radius 2 is 2.03 bits per heavy atom. The van der Waals surface area contributed by atoms with Gasteiger partial charge in [-0.1, -0.05) is 41.6 Å². The number of benzene rings is 2. The highest BCUT2D eigenvalue weighted by atomic mass is 16.5. The second-order valence-electron chi connectivity index (χ2n) is 7.74. The van der Waals surface area contributed by atoms with Gasteiger partial charge in [0.15, 0.2) is 0 Å². The number of likely N-dealkylation sites (tertiary alicyclic amines) is 1. The van der Waals surface area contributed by atoms with Gasteiger partial charge in [-0.2, -0.15) is 4.98 Å². The first-order valence-corrected chi connectivity index (χ1v) is 10.8. The molecule has 1 fully saturated rings. The number of amides is 1. The van der Waals surface area contributed by atoms with Crippen LogP contribution in [0.4, 0.5) is 5.69 Å². The lowest BCUT2D eigenvalue weighted by Gasteiger charge is -2.30. The highest BCUT2D eigenvalue weighted by molar-refractivity contribution is 5.95. The van der Waals surface area contributed by atoms with E-state index in [2.05, 4.69) is 20.4 Å². The molecule has 0 radical (unpaired) electrons. The van der Waals surface area contributed by atoms with Crippen LogP contribution in [0, 0.1) is 5.92 Å². The SMILES string of the molecule is CCOC(=O)c1cccc(NC(=O)C2CCCN(Cc3nc(-c4ccccc4)no3)C2)c1. The van der Waals surface area contributed by atoms with Gasteiger partial charge in [-0.05, 0) is 44.5 Å². The van der Waals surface area contributed by atoms with Gasteiger partial charge < -0.3 is 14.6 Å². The van der Waals surface area contributed by atoms with E-state index in [1.54, 1.807) is 31.2 Å². The topological polar surface area (TPSA) is 97.6 Å². The van der Waals surface area contributed by atoms with E-state index in [9.17, 15) is 9.59 Å². The first-order chi connectivity index (χ1) is 15.6. The van der Waals surface area contributed by atoms with Gasteiger partial charge in [-0.15, -0.1) is 0 Å². The molecule has 2 heterocycles. The zero-order chi connectivity index (χ0) is 22.3. The third-order valence-corrected chi connectivity index (χ3v) is 5.38. The summed E-state index contributed by atoms with van der Waals surface area (Å²) in [6, 6.07) is 16.5. The highest BCUT2D eigenvalue weighted by Gasteiger charge is 2.27. The molecular formula is C24H26N4O4. The lowest BCUT2D eigenvalue weighted by Crippen LogP contribution is -2.40. The number of esters is 1. The van der Waals surface area contributed by atoms with Gasteiger partial charge in [0.05, 0.1) is 24.6 Å². The highest BCUT2D eigenvalue weighted by Crippen LogP contribution is 2.22. The minimum absolute atomic E-state index is 0.0637. The second-order valence-corrected chi connectivity index (χ2v) is 7.74. The number of rotatable bonds is 7. The molecule has 8 nitrogen and oxygen atoms in total. The maximum Gasteiger partial charge on any atom is 0.338 e. The Labute approximate surface area is 186 Å². The number of hydrogen-bond acceptors (Lipinski definition) is 7. The summed E-state index contributed by atoms with van der Waals surface area (Å²) >= 11 is 0. The van der Waals surface area contributed by atoms with Gasteiger partial charge in [0.1, 0.15) is 0 Å². The minimum atomic E-state index is -0.401. The first-order valence-electron chi connectivity index (χ1n) is 10.8. The van der Waals surface area contributed by atoms with E-state index in [4.69, 9.17) is 9.26 Å². The molecule has 0 aliphatic carbocycles. The molecule has 1 aliphatic heterocycles. The molecule has 1 amide bonds. The van der Waals surface area contributed by atoms with Crippen LogP contribution in [0.25, 0.3) is 11.4 Å². The van der Waals surface area contributed by atoms with Crippen molar-refractivity contribution < 1.29 is 18.8 Å². The van der Waals surface area contributed by atoms with Crippen LogP contribution in [0.15, 0.2) is 59.1 Å². The van der Waals surface area contributed by atoms with Crippen LogP contribution in [0.3, 0.4) is 0 Å². The van der Waals surface area contributed by atoms with Gasteiger partial charge in [0, 0.05) is 17.8 Å². The lowest BCUT2D eigenvalue weighted by atomic mass is 9.97. The molecular weight excluding hydrogens is 408 g/mol. The van der Waals surface area contributed by atoms with Crippen molar-refractivity contribution in [1.82, 2.24) is 15.0 Å². The number of carbonyl (C=O) groups is 2. The fourth-order valence-electron chi connectivity index (χ4n) is 3.81. The second kappa shape index (κ2) is 10.2. The summed E-state index contributed by atoms with van der Waals surface area (Å²) in [5, 5.41) is 7.00. The van der Waals surface area contributed by atoms with Crippen molar-refractivity contribution >= 4 is 17.6 Å². The first kappa shape index (κ1) is 21.7. The van der Waals surface area contributed by atoms with Gasteiger partial charge in [-0.3, -0.25) is 9.69 Å². The molecule has 166 valence electrons. The van der Waals surface area contributed by atoms with Crippen molar-refractivity contribution in [3.63, 3.8) is 0 Å². The molecule has 1 saturated heterocycles. The molecule has 0 spiro atoms. The third-order valence-electron chi connectivity index (χ3n) is 5.38.